The molecule has 0 saturated carbocycles. The molecule has 12 bridgehead atoms. The second kappa shape index (κ2) is 16.8. The van der Waals surface area contributed by atoms with E-state index in [1.165, 1.54) is 0 Å². The van der Waals surface area contributed by atoms with E-state index in [2.05, 4.69) is 0 Å². The molecule has 8 aliphatic heterocycles. The average molecular weight is 847 g/mol. The van der Waals surface area contributed by atoms with Crippen LogP contribution in [0.5, 0.6) is 57.5 Å². The van der Waals surface area contributed by atoms with Gasteiger partial charge in [0.25, 0.3) is 0 Å². The number of aryl methyl sites for hydroxylation is 8. The molecule has 8 aromatic carbocycles. The van der Waals surface area contributed by atoms with E-state index in [-0.39, 0.29) is 40.2 Å². The lowest BCUT2D eigenvalue weighted by molar-refractivity contribution is 0.410. The first kappa shape index (κ1) is 40.2. The second-order valence-electron chi connectivity index (χ2n) is 16.9. The molecule has 64 heavy (non-hydrogen) atoms. The van der Waals surface area contributed by atoms with Crippen molar-refractivity contribution in [3.8, 4) is 90.9 Å². The highest BCUT2D eigenvalue weighted by Gasteiger charge is 2.22. The van der Waals surface area contributed by atoms with E-state index >= 15 is 0 Å². The normalized spacial score (nSPS) is 13.4. The fourth-order valence-corrected chi connectivity index (χ4v) is 9.00. The number of phenols is 6. The minimum atomic E-state index is -0.143. The first-order valence-electron chi connectivity index (χ1n) is 21.6. The smallest absolute Gasteiger partial charge is 0.169 e. The Morgan fingerprint density at radius 3 is 1.38 bits per heavy atom. The van der Waals surface area contributed by atoms with Gasteiger partial charge < -0.3 is 40.1 Å². The molecule has 318 valence electrons. The van der Waals surface area contributed by atoms with Gasteiger partial charge in [0.1, 0.15) is 34.5 Å². The van der Waals surface area contributed by atoms with E-state index in [0.29, 0.717) is 90.9 Å². The maximum Gasteiger partial charge on any atom is 0.169 e. The number of rotatable bonds is 1. The van der Waals surface area contributed by atoms with Gasteiger partial charge in [0.15, 0.2) is 23.0 Å². The summed E-state index contributed by atoms with van der Waals surface area (Å²) in [5.41, 5.74) is 11.1. The van der Waals surface area contributed by atoms with Gasteiger partial charge in [0.05, 0.1) is 0 Å². The molecule has 6 N–H and O–H groups in total. The maximum absolute atomic E-state index is 12.1. The van der Waals surface area contributed by atoms with Crippen molar-refractivity contribution in [1.29, 1.82) is 0 Å². The Labute approximate surface area is 371 Å². The van der Waals surface area contributed by atoms with Crippen LogP contribution < -0.4 is 9.47 Å². The minimum Gasteiger partial charge on any atom is -0.508 e. The van der Waals surface area contributed by atoms with Crippen molar-refractivity contribution in [3.63, 3.8) is 0 Å². The van der Waals surface area contributed by atoms with Crippen LogP contribution in [0.2, 0.25) is 0 Å². The van der Waals surface area contributed by atoms with Crippen molar-refractivity contribution in [2.45, 2.75) is 51.4 Å². The van der Waals surface area contributed by atoms with Gasteiger partial charge in [-0.05, 0) is 192 Å². The Bertz CT molecular complexity index is 3060. The van der Waals surface area contributed by atoms with Crippen LogP contribution in [0.3, 0.4) is 0 Å². The third-order valence-corrected chi connectivity index (χ3v) is 12.5. The number of hydrogen-bond acceptors (Lipinski definition) is 8. The van der Waals surface area contributed by atoms with Crippen molar-refractivity contribution >= 4 is 0 Å². The molecule has 8 nitrogen and oxygen atoms in total. The van der Waals surface area contributed by atoms with Crippen LogP contribution in [0.1, 0.15) is 44.5 Å². The highest BCUT2D eigenvalue weighted by molar-refractivity contribution is 5.86. The molecule has 8 heterocycles. The number of phenolic OH excluding ortho intramolecular Hbond substituents is 6. The highest BCUT2D eigenvalue weighted by atomic mass is 16.5. The SMILES string of the molecule is Oc1ccc2c(c1)CCc1ccc(cc1)Oc1cc(cc(-c3cc4c(cc3O)CCc3ccc(cc3)Oc3cc(ccc3O)CCc3ccc-4c(O)c3)c1O)CCc1ccc-2c(O)c1. The summed E-state index contributed by atoms with van der Waals surface area (Å²) in [7, 11) is 0. The molecule has 8 aliphatic rings. The molecule has 0 atom stereocenters. The Hall–Kier alpha value is -7.84. The van der Waals surface area contributed by atoms with Gasteiger partial charge >= 0.3 is 0 Å². The van der Waals surface area contributed by atoms with Crippen LogP contribution in [0.25, 0.3) is 33.4 Å². The summed E-state index contributed by atoms with van der Waals surface area (Å²) in [6.07, 6.45) is 4.84. The van der Waals surface area contributed by atoms with Gasteiger partial charge in [-0.25, -0.2) is 0 Å². The van der Waals surface area contributed by atoms with Crippen LogP contribution >= 0.6 is 0 Å². The maximum atomic E-state index is 12.1. The third-order valence-electron chi connectivity index (χ3n) is 12.5. The molecular weight excluding hydrogens is 801 g/mol. The molecule has 0 spiro atoms. The second-order valence-corrected chi connectivity index (χ2v) is 16.9. The predicted molar refractivity (Wildman–Crippen MR) is 248 cm³/mol. The summed E-state index contributed by atoms with van der Waals surface area (Å²) in [6.45, 7) is 0. The molecular formula is C56H46O8. The zero-order valence-electron chi connectivity index (χ0n) is 35.0. The standard InChI is InChI=1S/C56H46O8/c57-41-16-23-44-39(30-41)14-5-33-9-19-43(20-10-33)64-55-29-38(4-3-36-11-21-45(44)51(59)26-36)25-49(56(55)62)48-32-47-40(31-53(48)61)15-6-34-7-17-42(18-8-34)63-54-28-37(13-24-50(54)58)2-1-35-12-22-46(47)52(60)27-35/h7-13,16-32,57-62H,1-6,14-15H2. The first-order valence-corrected chi connectivity index (χ1v) is 21.6. The van der Waals surface area contributed by atoms with E-state index in [9.17, 15) is 30.6 Å². The largest absolute Gasteiger partial charge is 0.508 e. The zero-order valence-corrected chi connectivity index (χ0v) is 35.0. The van der Waals surface area contributed by atoms with Crippen LogP contribution in [-0.4, -0.2) is 30.6 Å². The summed E-state index contributed by atoms with van der Waals surface area (Å²) in [4.78, 5) is 0. The number of ether oxygens (including phenoxy) is 2. The quantitative estimate of drug-likeness (QED) is 0.0960. The van der Waals surface area contributed by atoms with Gasteiger partial charge in [-0.1, -0.05) is 60.7 Å². The lowest BCUT2D eigenvalue weighted by atomic mass is 9.88. The molecule has 8 aromatic rings. The van der Waals surface area contributed by atoms with E-state index in [4.69, 9.17) is 9.47 Å². The van der Waals surface area contributed by atoms with Crippen LogP contribution in [0.15, 0.2) is 146 Å². The van der Waals surface area contributed by atoms with Crippen molar-refractivity contribution in [3.05, 3.63) is 190 Å². The van der Waals surface area contributed by atoms with Gasteiger partial charge in [-0.15, -0.1) is 0 Å². The topological polar surface area (TPSA) is 140 Å². The minimum absolute atomic E-state index is 0.0342. The monoisotopic (exact) mass is 846 g/mol. The molecule has 0 unspecified atom stereocenters. The Morgan fingerprint density at radius 2 is 0.750 bits per heavy atom. The first-order chi connectivity index (χ1) is 31.1. The van der Waals surface area contributed by atoms with Gasteiger partial charge in [-0.2, -0.15) is 0 Å². The fraction of sp³-hybridized carbons (Fsp3) is 0.143. The predicted octanol–water partition coefficient (Wildman–Crippen LogP) is 12.3. The molecule has 0 fully saturated rings. The van der Waals surface area contributed by atoms with Gasteiger partial charge in [0.2, 0.25) is 0 Å². The summed E-state index contributed by atoms with van der Waals surface area (Å²) in [5, 5.41) is 67.9. The van der Waals surface area contributed by atoms with E-state index in [0.717, 1.165) is 55.6 Å². The molecule has 0 aliphatic carbocycles. The van der Waals surface area contributed by atoms with Crippen LogP contribution in [-0.2, 0) is 51.4 Å². The summed E-state index contributed by atoms with van der Waals surface area (Å²) < 4.78 is 12.5. The van der Waals surface area contributed by atoms with E-state index < -0.39 is 0 Å². The van der Waals surface area contributed by atoms with E-state index in [1.807, 2.05) is 109 Å². The molecule has 8 heteroatoms. The Kier molecular flexibility index (Phi) is 10.6. The van der Waals surface area contributed by atoms with Crippen molar-refractivity contribution in [1.82, 2.24) is 0 Å². The lowest BCUT2D eigenvalue weighted by Gasteiger charge is -2.19. The zero-order chi connectivity index (χ0) is 43.9. The number of benzene rings is 8. The van der Waals surface area contributed by atoms with Gasteiger partial charge in [-0.3, -0.25) is 0 Å². The van der Waals surface area contributed by atoms with Gasteiger partial charge in [0, 0.05) is 22.3 Å². The highest BCUT2D eigenvalue weighted by Crippen LogP contribution is 2.47. The van der Waals surface area contributed by atoms with Crippen molar-refractivity contribution < 1.29 is 40.1 Å². The summed E-state index contributed by atoms with van der Waals surface area (Å²) >= 11 is 0. The lowest BCUT2D eigenvalue weighted by Crippen LogP contribution is -1.99. The molecule has 16 rings (SSSR count). The summed E-state index contributed by atoms with van der Waals surface area (Å²) in [6, 6.07) is 44.6. The average Bonchev–Trinajstić information content (AvgIpc) is 3.29. The molecule has 0 aromatic heterocycles. The summed E-state index contributed by atoms with van der Waals surface area (Å²) in [5.74, 6) is 2.03. The Balaban J connectivity index is 1.06. The van der Waals surface area contributed by atoms with Crippen molar-refractivity contribution in [2.75, 3.05) is 0 Å². The van der Waals surface area contributed by atoms with Crippen LogP contribution in [0, 0.1) is 0 Å². The van der Waals surface area contributed by atoms with E-state index in [1.54, 1.807) is 36.4 Å². The fourth-order valence-electron chi connectivity index (χ4n) is 9.00. The molecule has 0 radical (unpaired) electrons. The van der Waals surface area contributed by atoms with Crippen LogP contribution in [0.4, 0.5) is 0 Å². The molecule has 0 amide bonds. The third kappa shape index (κ3) is 8.26. The number of aromatic hydroxyl groups is 6. The van der Waals surface area contributed by atoms with Crippen molar-refractivity contribution in [2.24, 2.45) is 0 Å². The molecule has 0 saturated heterocycles. The Morgan fingerprint density at radius 1 is 0.281 bits per heavy atom. The number of hydrogen-bond donors (Lipinski definition) is 6.